The van der Waals surface area contributed by atoms with Crippen LogP contribution in [-0.4, -0.2) is 12.0 Å². The Balaban J connectivity index is 0.00000208. The second-order valence-corrected chi connectivity index (χ2v) is 9.58. The SMILES string of the molecule is ClCCC[P+](c1ccccc1)(c1ccccc1)c1ccccc1.[Br-]. The molecule has 0 saturated heterocycles. The van der Waals surface area contributed by atoms with Gasteiger partial charge < -0.3 is 17.0 Å². The van der Waals surface area contributed by atoms with E-state index in [4.69, 9.17) is 11.6 Å². The molecule has 0 unspecified atom stereocenters. The molecule has 0 spiro atoms. The number of rotatable bonds is 6. The summed E-state index contributed by atoms with van der Waals surface area (Å²) in [4.78, 5) is 0. The van der Waals surface area contributed by atoms with Gasteiger partial charge in [-0.1, -0.05) is 54.6 Å². The molecule has 0 aliphatic rings. The lowest BCUT2D eigenvalue weighted by Crippen LogP contribution is -3.00. The minimum Gasteiger partial charge on any atom is -1.00 e. The predicted molar refractivity (Wildman–Crippen MR) is 105 cm³/mol. The van der Waals surface area contributed by atoms with Crippen LogP contribution in [-0.2, 0) is 0 Å². The van der Waals surface area contributed by atoms with E-state index in [1.54, 1.807) is 0 Å². The summed E-state index contributed by atoms with van der Waals surface area (Å²) in [5, 5.41) is 4.30. The van der Waals surface area contributed by atoms with Crippen molar-refractivity contribution in [3.8, 4) is 0 Å². The highest BCUT2D eigenvalue weighted by Gasteiger charge is 2.44. The highest BCUT2D eigenvalue weighted by atomic mass is 79.9. The maximum Gasteiger partial charge on any atom is 0.112 e. The molecule has 0 atom stereocenters. The molecule has 0 fully saturated rings. The molecule has 0 heterocycles. The molecule has 0 radical (unpaired) electrons. The van der Waals surface area contributed by atoms with E-state index in [1.807, 2.05) is 0 Å². The van der Waals surface area contributed by atoms with Crippen LogP contribution in [0, 0.1) is 0 Å². The van der Waals surface area contributed by atoms with Crippen LogP contribution in [0.2, 0.25) is 0 Å². The molecule has 24 heavy (non-hydrogen) atoms. The Morgan fingerprint density at radius 1 is 0.583 bits per heavy atom. The number of benzene rings is 3. The molecule has 0 saturated carbocycles. The first-order chi connectivity index (χ1) is 11.4. The summed E-state index contributed by atoms with van der Waals surface area (Å²) in [6.07, 6.45) is 2.13. The molecule has 0 nitrogen and oxygen atoms in total. The first-order valence-electron chi connectivity index (χ1n) is 7.99. The summed E-state index contributed by atoms with van der Waals surface area (Å²) in [5.41, 5.74) is 0. The van der Waals surface area contributed by atoms with Crippen molar-refractivity contribution in [3.63, 3.8) is 0 Å². The molecule has 0 aromatic heterocycles. The van der Waals surface area contributed by atoms with Gasteiger partial charge >= 0.3 is 0 Å². The zero-order valence-electron chi connectivity index (χ0n) is 13.5. The van der Waals surface area contributed by atoms with E-state index in [9.17, 15) is 0 Å². The number of alkyl halides is 1. The third kappa shape index (κ3) is 3.91. The van der Waals surface area contributed by atoms with Crippen LogP contribution in [0.3, 0.4) is 0 Å². The summed E-state index contributed by atoms with van der Waals surface area (Å²) in [6, 6.07) is 32.9. The Labute approximate surface area is 161 Å². The Kier molecular flexibility index (Phi) is 7.49. The molecule has 0 N–H and O–H groups in total. The number of halogens is 2. The van der Waals surface area contributed by atoms with Crippen LogP contribution >= 0.6 is 18.9 Å². The number of hydrogen-bond acceptors (Lipinski definition) is 0. The number of hydrogen-bond donors (Lipinski definition) is 0. The Bertz CT molecular complexity index is 620. The lowest BCUT2D eigenvalue weighted by Gasteiger charge is -2.27. The molecule has 0 aliphatic heterocycles. The minimum absolute atomic E-state index is 0. The van der Waals surface area contributed by atoms with Crippen LogP contribution in [0.25, 0.3) is 0 Å². The monoisotopic (exact) mass is 418 g/mol. The zero-order chi connectivity index (χ0) is 16.0. The summed E-state index contributed by atoms with van der Waals surface area (Å²) in [5.74, 6) is 0.703. The molecule has 3 aromatic rings. The smallest absolute Gasteiger partial charge is 0.112 e. The molecule has 3 rings (SSSR count). The summed E-state index contributed by atoms with van der Waals surface area (Å²) >= 11 is 6.09. The van der Waals surface area contributed by atoms with Gasteiger partial charge in [-0.2, -0.15) is 0 Å². The molecule has 3 heteroatoms. The van der Waals surface area contributed by atoms with Gasteiger partial charge in [-0.15, -0.1) is 11.6 Å². The van der Waals surface area contributed by atoms with Gasteiger partial charge in [0.05, 0.1) is 6.16 Å². The molecular formula is C21H21BrClP. The predicted octanol–water partition coefficient (Wildman–Crippen LogP) is 1.61. The Morgan fingerprint density at radius 2 is 0.917 bits per heavy atom. The van der Waals surface area contributed by atoms with Gasteiger partial charge in [0.1, 0.15) is 23.2 Å². The van der Waals surface area contributed by atoms with Crippen molar-refractivity contribution >= 4 is 34.8 Å². The van der Waals surface area contributed by atoms with Crippen molar-refractivity contribution < 1.29 is 17.0 Å². The third-order valence-electron chi connectivity index (χ3n) is 4.22. The molecule has 0 aliphatic carbocycles. The molecule has 0 amide bonds. The average Bonchev–Trinajstić information content (AvgIpc) is 2.65. The zero-order valence-corrected chi connectivity index (χ0v) is 16.7. The van der Waals surface area contributed by atoms with Gasteiger partial charge in [0, 0.05) is 5.88 Å². The van der Waals surface area contributed by atoms with Crippen LogP contribution in [0.4, 0.5) is 0 Å². The van der Waals surface area contributed by atoms with E-state index < -0.39 is 7.26 Å². The Hall–Kier alpha value is -1.14. The Morgan fingerprint density at radius 3 is 1.21 bits per heavy atom. The van der Waals surface area contributed by atoms with Crippen molar-refractivity contribution in [2.24, 2.45) is 0 Å². The average molecular weight is 420 g/mol. The highest BCUT2D eigenvalue weighted by Crippen LogP contribution is 2.55. The van der Waals surface area contributed by atoms with Crippen molar-refractivity contribution in [3.05, 3.63) is 91.0 Å². The van der Waals surface area contributed by atoms with Crippen LogP contribution in [0.1, 0.15) is 6.42 Å². The van der Waals surface area contributed by atoms with E-state index in [0.29, 0.717) is 5.88 Å². The topological polar surface area (TPSA) is 0 Å². The molecule has 124 valence electrons. The van der Waals surface area contributed by atoms with Gasteiger partial charge in [-0.05, 0) is 42.8 Å². The second kappa shape index (κ2) is 9.37. The quantitative estimate of drug-likeness (QED) is 0.421. The van der Waals surface area contributed by atoms with Gasteiger partial charge in [0.15, 0.2) is 0 Å². The van der Waals surface area contributed by atoms with Crippen molar-refractivity contribution in [1.29, 1.82) is 0 Å². The van der Waals surface area contributed by atoms with E-state index in [2.05, 4.69) is 91.0 Å². The maximum absolute atomic E-state index is 6.09. The lowest BCUT2D eigenvalue weighted by atomic mass is 10.4. The maximum atomic E-state index is 6.09. The molecule has 3 aromatic carbocycles. The van der Waals surface area contributed by atoms with Crippen molar-refractivity contribution in [2.45, 2.75) is 6.42 Å². The van der Waals surface area contributed by atoms with Crippen LogP contribution in [0.15, 0.2) is 91.0 Å². The van der Waals surface area contributed by atoms with Crippen LogP contribution < -0.4 is 32.9 Å². The lowest BCUT2D eigenvalue weighted by molar-refractivity contribution is -0.00000439. The van der Waals surface area contributed by atoms with E-state index in [-0.39, 0.29) is 17.0 Å². The highest BCUT2D eigenvalue weighted by molar-refractivity contribution is 7.95. The fourth-order valence-electron chi connectivity index (χ4n) is 3.18. The largest absolute Gasteiger partial charge is 1.00 e. The third-order valence-corrected chi connectivity index (χ3v) is 9.01. The minimum atomic E-state index is -1.65. The van der Waals surface area contributed by atoms with Crippen LogP contribution in [0.5, 0.6) is 0 Å². The van der Waals surface area contributed by atoms with Crippen molar-refractivity contribution in [1.82, 2.24) is 0 Å². The first-order valence-corrected chi connectivity index (χ1v) is 10.5. The fourth-order valence-corrected chi connectivity index (χ4v) is 7.84. The summed E-state index contributed by atoms with van der Waals surface area (Å²) < 4.78 is 0. The van der Waals surface area contributed by atoms with Gasteiger partial charge in [-0.25, -0.2) is 0 Å². The molecular weight excluding hydrogens is 399 g/mol. The summed E-state index contributed by atoms with van der Waals surface area (Å²) in [7, 11) is -1.65. The van der Waals surface area contributed by atoms with E-state index >= 15 is 0 Å². The fraction of sp³-hybridized carbons (Fsp3) is 0.143. The molecule has 0 bridgehead atoms. The second-order valence-electron chi connectivity index (χ2n) is 5.58. The van der Waals surface area contributed by atoms with E-state index in [1.165, 1.54) is 15.9 Å². The van der Waals surface area contributed by atoms with Crippen molar-refractivity contribution in [2.75, 3.05) is 12.0 Å². The van der Waals surface area contributed by atoms with Gasteiger partial charge in [-0.3, -0.25) is 0 Å². The van der Waals surface area contributed by atoms with Gasteiger partial charge in [0.25, 0.3) is 0 Å². The first kappa shape index (κ1) is 19.2. The normalized spacial score (nSPS) is 10.9. The standard InChI is InChI=1S/C21H21ClP.BrH/c22-17-10-18-23(19-11-4-1-5-12-19,20-13-6-2-7-14-20)21-15-8-3-9-16-21;/h1-9,11-16H,10,17-18H2;1H/q+1;/p-1. The van der Waals surface area contributed by atoms with E-state index in [0.717, 1.165) is 12.6 Å². The van der Waals surface area contributed by atoms with Gasteiger partial charge in [0.2, 0.25) is 0 Å². The summed E-state index contributed by atoms with van der Waals surface area (Å²) in [6.45, 7) is 0.